The first kappa shape index (κ1) is 23.7. The number of thiazole rings is 1. The molecule has 9 heteroatoms. The number of thiophene rings is 2. The van der Waals surface area contributed by atoms with Crippen molar-refractivity contribution < 1.29 is 4.79 Å². The summed E-state index contributed by atoms with van der Waals surface area (Å²) in [5.74, 6) is -0.00936. The first-order valence-electron chi connectivity index (χ1n) is 10.4. The average Bonchev–Trinajstić information content (AvgIpc) is 3.43. The lowest BCUT2D eigenvalue weighted by molar-refractivity contribution is -0.115. The second kappa shape index (κ2) is 10.2. The fourth-order valence-corrected chi connectivity index (χ4v) is 7.54. The van der Waals surface area contributed by atoms with Crippen molar-refractivity contribution in [3.05, 3.63) is 56.1 Å². The second-order valence-corrected chi connectivity index (χ2v) is 11.6. The van der Waals surface area contributed by atoms with E-state index in [-0.39, 0.29) is 18.3 Å². The molecule has 32 heavy (non-hydrogen) atoms. The standard InChI is InChI=1S/C23H22ClN3OS3.ClH/c1-2-10-27-11-9-15-18(13-27)31-23(26-20(28)12-14-7-8-19(24)29-14)21(15)22-25-16-5-3-4-6-17(16)30-22;/h3-8H,2,9-13H2,1H3,(H,26,28);1H. The van der Waals surface area contributed by atoms with Crippen molar-refractivity contribution in [2.24, 2.45) is 0 Å². The van der Waals surface area contributed by atoms with E-state index >= 15 is 0 Å². The molecule has 0 atom stereocenters. The number of anilines is 1. The van der Waals surface area contributed by atoms with Gasteiger partial charge >= 0.3 is 0 Å². The maximum atomic E-state index is 12.9. The van der Waals surface area contributed by atoms with Crippen molar-refractivity contribution in [1.82, 2.24) is 9.88 Å². The molecule has 1 amide bonds. The normalized spacial score (nSPS) is 13.7. The van der Waals surface area contributed by atoms with Crippen LogP contribution in [0, 0.1) is 0 Å². The zero-order valence-corrected chi connectivity index (χ0v) is 21.5. The van der Waals surface area contributed by atoms with Crippen molar-refractivity contribution in [2.75, 3.05) is 18.4 Å². The van der Waals surface area contributed by atoms with Crippen LogP contribution in [0.3, 0.4) is 0 Å². The molecule has 0 saturated heterocycles. The minimum atomic E-state index is -0.00936. The third-order valence-electron chi connectivity index (χ3n) is 5.40. The molecule has 1 N–H and O–H groups in total. The zero-order valence-electron chi connectivity index (χ0n) is 17.5. The Labute approximate surface area is 210 Å². The Bertz CT molecular complexity index is 1210. The minimum absolute atomic E-state index is 0. The summed E-state index contributed by atoms with van der Waals surface area (Å²) in [5.41, 5.74) is 3.48. The average molecular weight is 525 g/mol. The van der Waals surface area contributed by atoms with E-state index in [0.29, 0.717) is 10.8 Å². The number of hydrogen-bond donors (Lipinski definition) is 1. The SMILES string of the molecule is CCCN1CCc2c(sc(NC(=O)Cc3ccc(Cl)s3)c2-c2nc3ccccc3s2)C1.Cl. The topological polar surface area (TPSA) is 45.2 Å². The molecule has 1 aliphatic rings. The molecular formula is C23H23Cl2N3OS3. The molecule has 0 aliphatic carbocycles. The highest BCUT2D eigenvalue weighted by molar-refractivity contribution is 7.23. The van der Waals surface area contributed by atoms with E-state index < -0.39 is 0 Å². The van der Waals surface area contributed by atoms with E-state index in [4.69, 9.17) is 16.6 Å². The van der Waals surface area contributed by atoms with Gasteiger partial charge in [0.05, 0.1) is 21.0 Å². The summed E-state index contributed by atoms with van der Waals surface area (Å²) in [6.45, 7) is 5.33. The van der Waals surface area contributed by atoms with Crippen LogP contribution >= 0.6 is 58.0 Å². The summed E-state index contributed by atoms with van der Waals surface area (Å²) in [7, 11) is 0. The van der Waals surface area contributed by atoms with Crippen molar-refractivity contribution in [1.29, 1.82) is 0 Å². The van der Waals surface area contributed by atoms with Gasteiger partial charge in [0.25, 0.3) is 0 Å². The van der Waals surface area contributed by atoms with Crippen molar-refractivity contribution in [2.45, 2.75) is 32.7 Å². The van der Waals surface area contributed by atoms with Gasteiger partial charge < -0.3 is 5.32 Å². The molecule has 0 radical (unpaired) electrons. The summed E-state index contributed by atoms with van der Waals surface area (Å²) >= 11 is 10.9. The Kier molecular flexibility index (Phi) is 7.54. The second-order valence-electron chi connectivity index (χ2n) is 7.65. The minimum Gasteiger partial charge on any atom is -0.317 e. The van der Waals surface area contributed by atoms with Crippen LogP contribution < -0.4 is 5.32 Å². The highest BCUT2D eigenvalue weighted by Gasteiger charge is 2.27. The molecule has 0 unspecified atom stereocenters. The number of hydrogen-bond acceptors (Lipinski definition) is 6. The largest absolute Gasteiger partial charge is 0.317 e. The van der Waals surface area contributed by atoms with Crippen LogP contribution in [0.25, 0.3) is 20.8 Å². The Morgan fingerprint density at radius 1 is 1.19 bits per heavy atom. The third kappa shape index (κ3) is 4.88. The van der Waals surface area contributed by atoms with Crippen LogP contribution in [0.5, 0.6) is 0 Å². The van der Waals surface area contributed by atoms with Crippen LogP contribution in [0.15, 0.2) is 36.4 Å². The van der Waals surface area contributed by atoms with Gasteiger partial charge in [-0.05, 0) is 49.2 Å². The van der Waals surface area contributed by atoms with Crippen LogP contribution in [0.4, 0.5) is 5.00 Å². The van der Waals surface area contributed by atoms with Gasteiger partial charge in [0.1, 0.15) is 10.0 Å². The van der Waals surface area contributed by atoms with Gasteiger partial charge in [0, 0.05) is 28.4 Å². The molecule has 0 bridgehead atoms. The molecule has 168 valence electrons. The van der Waals surface area contributed by atoms with Crippen molar-refractivity contribution in [3.8, 4) is 10.6 Å². The molecule has 4 aromatic rings. The number of carbonyl (C=O) groups is 1. The molecule has 4 heterocycles. The fourth-order valence-electron chi connectivity index (χ4n) is 4.03. The van der Waals surface area contributed by atoms with Gasteiger partial charge in [-0.2, -0.15) is 0 Å². The lowest BCUT2D eigenvalue weighted by Gasteiger charge is -2.26. The zero-order chi connectivity index (χ0) is 21.4. The van der Waals surface area contributed by atoms with Gasteiger partial charge in [0.15, 0.2) is 0 Å². The monoisotopic (exact) mass is 523 g/mol. The molecule has 4 nitrogen and oxygen atoms in total. The molecule has 5 rings (SSSR count). The van der Waals surface area contributed by atoms with E-state index in [1.54, 1.807) is 22.7 Å². The fraction of sp³-hybridized carbons (Fsp3) is 0.304. The lowest BCUT2D eigenvalue weighted by Crippen LogP contribution is -2.30. The molecule has 0 fully saturated rings. The summed E-state index contributed by atoms with van der Waals surface area (Å²) < 4.78 is 1.88. The predicted molar refractivity (Wildman–Crippen MR) is 141 cm³/mol. The number of carbonyl (C=O) groups excluding carboxylic acids is 1. The maximum absolute atomic E-state index is 12.9. The van der Waals surface area contributed by atoms with Crippen LogP contribution in [0.2, 0.25) is 4.34 Å². The van der Waals surface area contributed by atoms with Crippen molar-refractivity contribution in [3.63, 3.8) is 0 Å². The lowest BCUT2D eigenvalue weighted by atomic mass is 10.0. The number of nitrogens with one attached hydrogen (secondary N) is 1. The summed E-state index contributed by atoms with van der Waals surface area (Å²) in [5, 5.41) is 5.13. The molecular weight excluding hydrogens is 501 g/mol. The molecule has 0 spiro atoms. The molecule has 3 aromatic heterocycles. The number of benzene rings is 1. The van der Waals surface area contributed by atoms with Gasteiger partial charge in [0.2, 0.25) is 5.91 Å². The maximum Gasteiger partial charge on any atom is 0.230 e. The summed E-state index contributed by atoms with van der Waals surface area (Å²) in [6, 6.07) is 12.0. The first-order chi connectivity index (χ1) is 15.1. The van der Waals surface area contributed by atoms with E-state index in [9.17, 15) is 4.79 Å². The highest BCUT2D eigenvalue weighted by atomic mass is 35.5. The number of fused-ring (bicyclic) bond motifs is 2. The highest BCUT2D eigenvalue weighted by Crippen LogP contribution is 2.45. The summed E-state index contributed by atoms with van der Waals surface area (Å²) in [4.78, 5) is 22.6. The number of rotatable bonds is 6. The first-order valence-corrected chi connectivity index (χ1v) is 13.2. The van der Waals surface area contributed by atoms with Crippen LogP contribution in [-0.2, 0) is 24.2 Å². The van der Waals surface area contributed by atoms with E-state index in [0.717, 1.165) is 58.4 Å². The quantitative estimate of drug-likeness (QED) is 0.292. The predicted octanol–water partition coefficient (Wildman–Crippen LogP) is 7.11. The third-order valence-corrected chi connectivity index (χ3v) is 8.82. The summed E-state index contributed by atoms with van der Waals surface area (Å²) in [6.07, 6.45) is 2.48. The van der Waals surface area contributed by atoms with E-state index in [1.807, 2.05) is 24.3 Å². The Balaban J connectivity index is 0.00000245. The Morgan fingerprint density at radius 3 is 2.78 bits per heavy atom. The molecule has 1 aromatic carbocycles. The molecule has 1 aliphatic heterocycles. The van der Waals surface area contributed by atoms with Gasteiger partial charge in [-0.25, -0.2) is 4.98 Å². The van der Waals surface area contributed by atoms with Crippen LogP contribution in [-0.4, -0.2) is 28.9 Å². The number of nitrogens with zero attached hydrogens (tertiary/aromatic N) is 2. The Morgan fingerprint density at radius 2 is 2.03 bits per heavy atom. The smallest absolute Gasteiger partial charge is 0.230 e. The Hall–Kier alpha value is -1.48. The number of aromatic nitrogens is 1. The van der Waals surface area contributed by atoms with Gasteiger partial charge in [-0.15, -0.1) is 46.4 Å². The van der Waals surface area contributed by atoms with Crippen LogP contribution in [0.1, 0.15) is 28.7 Å². The van der Waals surface area contributed by atoms with Gasteiger partial charge in [-0.3, -0.25) is 9.69 Å². The number of amides is 1. The van der Waals surface area contributed by atoms with Crippen molar-refractivity contribution >= 4 is 79.1 Å². The van der Waals surface area contributed by atoms with E-state index in [1.165, 1.54) is 26.5 Å². The molecule has 0 saturated carbocycles. The van der Waals surface area contributed by atoms with E-state index in [2.05, 4.69) is 29.3 Å². The van der Waals surface area contributed by atoms with Gasteiger partial charge in [-0.1, -0.05) is 30.7 Å². The number of para-hydroxylation sites is 1. The number of halogens is 2.